The highest BCUT2D eigenvalue weighted by Crippen LogP contribution is 2.39. The SMILES string of the molecule is CNCC1(CNC(=O)c2ccc(C)o2)CCC1. The molecule has 0 bridgehead atoms. The van der Waals surface area contributed by atoms with Gasteiger partial charge in [0, 0.05) is 18.5 Å². The van der Waals surface area contributed by atoms with E-state index < -0.39 is 0 Å². The molecule has 2 N–H and O–H groups in total. The van der Waals surface area contributed by atoms with Crippen molar-refractivity contribution in [3.63, 3.8) is 0 Å². The minimum absolute atomic E-state index is 0.111. The van der Waals surface area contributed by atoms with Gasteiger partial charge in [0.1, 0.15) is 5.76 Å². The molecule has 1 aromatic heterocycles. The molecule has 1 amide bonds. The zero-order valence-electron chi connectivity index (χ0n) is 10.5. The Morgan fingerprint density at radius 2 is 2.18 bits per heavy atom. The molecule has 0 saturated heterocycles. The second kappa shape index (κ2) is 4.92. The maximum Gasteiger partial charge on any atom is 0.287 e. The van der Waals surface area contributed by atoms with E-state index in [2.05, 4.69) is 10.6 Å². The first-order chi connectivity index (χ1) is 8.15. The average Bonchev–Trinajstić information content (AvgIpc) is 2.68. The maximum absolute atomic E-state index is 11.8. The predicted molar refractivity (Wildman–Crippen MR) is 66.0 cm³/mol. The molecule has 1 saturated carbocycles. The summed E-state index contributed by atoms with van der Waals surface area (Å²) in [4.78, 5) is 11.8. The van der Waals surface area contributed by atoms with Crippen LogP contribution in [0.3, 0.4) is 0 Å². The monoisotopic (exact) mass is 236 g/mol. The molecule has 4 nitrogen and oxygen atoms in total. The molecule has 1 aliphatic carbocycles. The fourth-order valence-corrected chi connectivity index (χ4v) is 2.38. The van der Waals surface area contributed by atoms with Gasteiger partial charge in [-0.15, -0.1) is 0 Å². The van der Waals surface area contributed by atoms with E-state index in [1.165, 1.54) is 19.3 Å². The van der Waals surface area contributed by atoms with E-state index in [0.717, 1.165) is 18.8 Å². The summed E-state index contributed by atoms with van der Waals surface area (Å²) in [6.45, 7) is 3.53. The van der Waals surface area contributed by atoms with Crippen molar-refractivity contribution in [3.05, 3.63) is 23.7 Å². The van der Waals surface area contributed by atoms with Crippen LogP contribution in [-0.4, -0.2) is 26.0 Å². The third-order valence-electron chi connectivity index (χ3n) is 3.55. The zero-order chi connectivity index (χ0) is 12.3. The van der Waals surface area contributed by atoms with E-state index in [9.17, 15) is 4.79 Å². The Kier molecular flexibility index (Phi) is 3.52. The van der Waals surface area contributed by atoms with E-state index >= 15 is 0 Å². The minimum atomic E-state index is -0.111. The van der Waals surface area contributed by atoms with E-state index in [4.69, 9.17) is 4.42 Å². The summed E-state index contributed by atoms with van der Waals surface area (Å²) >= 11 is 0. The molecule has 2 rings (SSSR count). The van der Waals surface area contributed by atoms with Crippen molar-refractivity contribution in [2.75, 3.05) is 20.1 Å². The van der Waals surface area contributed by atoms with Gasteiger partial charge in [-0.2, -0.15) is 0 Å². The standard InChI is InChI=1S/C13H20N2O2/c1-10-4-5-11(17-10)12(16)15-9-13(8-14-2)6-3-7-13/h4-5,14H,3,6-9H2,1-2H3,(H,15,16). The Morgan fingerprint density at radius 3 is 2.65 bits per heavy atom. The summed E-state index contributed by atoms with van der Waals surface area (Å²) in [5.74, 6) is 1.06. The largest absolute Gasteiger partial charge is 0.456 e. The van der Waals surface area contributed by atoms with Crippen molar-refractivity contribution < 1.29 is 9.21 Å². The van der Waals surface area contributed by atoms with Crippen molar-refractivity contribution in [1.29, 1.82) is 0 Å². The highest BCUT2D eigenvalue weighted by Gasteiger charge is 2.36. The van der Waals surface area contributed by atoms with Gasteiger partial charge in [0.05, 0.1) is 0 Å². The van der Waals surface area contributed by atoms with Crippen LogP contribution in [0.2, 0.25) is 0 Å². The third kappa shape index (κ3) is 2.69. The van der Waals surface area contributed by atoms with Gasteiger partial charge >= 0.3 is 0 Å². The quantitative estimate of drug-likeness (QED) is 0.818. The Morgan fingerprint density at radius 1 is 1.41 bits per heavy atom. The van der Waals surface area contributed by atoms with E-state index in [1.54, 1.807) is 6.07 Å². The fourth-order valence-electron chi connectivity index (χ4n) is 2.38. The molecular weight excluding hydrogens is 216 g/mol. The normalized spacial score (nSPS) is 17.5. The molecular formula is C13H20N2O2. The lowest BCUT2D eigenvalue weighted by atomic mass is 9.68. The van der Waals surface area contributed by atoms with Gasteiger partial charge in [-0.25, -0.2) is 0 Å². The average molecular weight is 236 g/mol. The van der Waals surface area contributed by atoms with Crippen LogP contribution in [0.1, 0.15) is 35.6 Å². The van der Waals surface area contributed by atoms with Gasteiger partial charge in [0.2, 0.25) is 0 Å². The van der Waals surface area contributed by atoms with Gasteiger partial charge in [-0.3, -0.25) is 4.79 Å². The van der Waals surface area contributed by atoms with E-state index in [0.29, 0.717) is 5.76 Å². The first-order valence-corrected chi connectivity index (χ1v) is 6.14. The molecule has 1 heterocycles. The van der Waals surface area contributed by atoms with Crippen LogP contribution in [0, 0.1) is 12.3 Å². The molecule has 0 aromatic carbocycles. The molecule has 17 heavy (non-hydrogen) atoms. The molecule has 0 aliphatic heterocycles. The Balaban J connectivity index is 1.87. The number of nitrogens with one attached hydrogen (secondary N) is 2. The molecule has 4 heteroatoms. The van der Waals surface area contributed by atoms with Crippen LogP contribution in [-0.2, 0) is 0 Å². The number of hydrogen-bond acceptors (Lipinski definition) is 3. The number of aryl methyl sites for hydroxylation is 1. The molecule has 0 radical (unpaired) electrons. The lowest BCUT2D eigenvalue weighted by Gasteiger charge is -2.41. The highest BCUT2D eigenvalue weighted by atomic mass is 16.3. The van der Waals surface area contributed by atoms with Crippen molar-refractivity contribution >= 4 is 5.91 Å². The molecule has 1 aromatic rings. The number of hydrogen-bond donors (Lipinski definition) is 2. The first-order valence-electron chi connectivity index (χ1n) is 6.14. The first kappa shape index (κ1) is 12.2. The number of carbonyl (C=O) groups excluding carboxylic acids is 1. The summed E-state index contributed by atoms with van der Waals surface area (Å²) in [6, 6.07) is 3.53. The molecule has 1 fully saturated rings. The highest BCUT2D eigenvalue weighted by molar-refractivity contribution is 5.91. The lowest BCUT2D eigenvalue weighted by molar-refractivity contribution is 0.0835. The summed E-state index contributed by atoms with van der Waals surface area (Å²) < 4.78 is 5.29. The van der Waals surface area contributed by atoms with Crippen molar-refractivity contribution in [2.24, 2.45) is 5.41 Å². The Labute approximate surface area is 102 Å². The summed E-state index contributed by atoms with van der Waals surface area (Å²) in [5, 5.41) is 6.17. The number of amides is 1. The van der Waals surface area contributed by atoms with Crippen LogP contribution in [0.5, 0.6) is 0 Å². The zero-order valence-corrected chi connectivity index (χ0v) is 10.5. The van der Waals surface area contributed by atoms with Crippen LogP contribution >= 0.6 is 0 Å². The lowest BCUT2D eigenvalue weighted by Crippen LogP contribution is -2.47. The van der Waals surface area contributed by atoms with Crippen LogP contribution in [0.4, 0.5) is 0 Å². The third-order valence-corrected chi connectivity index (χ3v) is 3.55. The second-order valence-electron chi connectivity index (χ2n) is 4.98. The van der Waals surface area contributed by atoms with Gasteiger partial charge < -0.3 is 15.1 Å². The van der Waals surface area contributed by atoms with Crippen LogP contribution in [0.15, 0.2) is 16.5 Å². The number of rotatable bonds is 5. The fraction of sp³-hybridized carbons (Fsp3) is 0.615. The topological polar surface area (TPSA) is 54.3 Å². The second-order valence-corrected chi connectivity index (χ2v) is 4.98. The van der Waals surface area contributed by atoms with Gasteiger partial charge in [0.15, 0.2) is 5.76 Å². The summed E-state index contributed by atoms with van der Waals surface area (Å²) in [6.07, 6.45) is 3.63. The molecule has 0 atom stereocenters. The predicted octanol–water partition coefficient (Wildman–Crippen LogP) is 1.71. The Hall–Kier alpha value is -1.29. The summed E-state index contributed by atoms with van der Waals surface area (Å²) in [5.41, 5.74) is 0.256. The van der Waals surface area contributed by atoms with Crippen molar-refractivity contribution in [2.45, 2.75) is 26.2 Å². The number of carbonyl (C=O) groups is 1. The maximum atomic E-state index is 11.8. The molecule has 1 aliphatic rings. The van der Waals surface area contributed by atoms with Crippen molar-refractivity contribution in [3.8, 4) is 0 Å². The van der Waals surface area contributed by atoms with E-state index in [-0.39, 0.29) is 11.3 Å². The van der Waals surface area contributed by atoms with Crippen LogP contribution in [0.25, 0.3) is 0 Å². The van der Waals surface area contributed by atoms with E-state index in [1.807, 2.05) is 20.0 Å². The number of furan rings is 1. The molecule has 0 spiro atoms. The molecule has 0 unspecified atom stereocenters. The van der Waals surface area contributed by atoms with Gasteiger partial charge in [-0.05, 0) is 38.9 Å². The van der Waals surface area contributed by atoms with Gasteiger partial charge in [-0.1, -0.05) is 6.42 Å². The summed E-state index contributed by atoms with van der Waals surface area (Å²) in [7, 11) is 1.96. The molecule has 94 valence electrons. The minimum Gasteiger partial charge on any atom is -0.456 e. The smallest absolute Gasteiger partial charge is 0.287 e. The Bertz CT molecular complexity index is 394. The van der Waals surface area contributed by atoms with Crippen molar-refractivity contribution in [1.82, 2.24) is 10.6 Å². The van der Waals surface area contributed by atoms with Crippen LogP contribution < -0.4 is 10.6 Å². The van der Waals surface area contributed by atoms with Gasteiger partial charge in [0.25, 0.3) is 5.91 Å².